The van der Waals surface area contributed by atoms with Crippen molar-refractivity contribution in [2.24, 2.45) is 0 Å². The van der Waals surface area contributed by atoms with Crippen molar-refractivity contribution in [3.8, 4) is 11.3 Å². The number of fused-ring (bicyclic) bond motifs is 1. The van der Waals surface area contributed by atoms with Crippen molar-refractivity contribution in [3.63, 3.8) is 0 Å². The summed E-state index contributed by atoms with van der Waals surface area (Å²) in [6.07, 6.45) is -5.04. The summed E-state index contributed by atoms with van der Waals surface area (Å²) in [4.78, 5) is 15.0. The number of anilines is 1. The average Bonchev–Trinajstić information content (AvgIpc) is 3.02. The number of aliphatic hydroxyl groups is 1. The van der Waals surface area contributed by atoms with Gasteiger partial charge < -0.3 is 15.2 Å². The Morgan fingerprint density at radius 2 is 2.12 bits per heavy atom. The molecule has 1 unspecified atom stereocenters. The van der Waals surface area contributed by atoms with Gasteiger partial charge in [0.25, 0.3) is 0 Å². The molecule has 5 nitrogen and oxygen atoms in total. The highest BCUT2D eigenvalue weighted by atomic mass is 19.4. The highest BCUT2D eigenvalue weighted by molar-refractivity contribution is 5.76. The SMILES string of the molecule is O=C(OC(O)c1ccnc(-c2cccc3c2CCN3)c1)C(F)(F)F. The van der Waals surface area contributed by atoms with Gasteiger partial charge in [0.2, 0.25) is 6.29 Å². The van der Waals surface area contributed by atoms with Gasteiger partial charge in [-0.25, -0.2) is 4.79 Å². The maximum absolute atomic E-state index is 12.2. The molecule has 3 rings (SSSR count). The largest absolute Gasteiger partial charge is 0.491 e. The number of halogens is 3. The minimum absolute atomic E-state index is 0.0150. The Kier molecular flexibility index (Phi) is 4.15. The zero-order chi connectivity index (χ0) is 17.3. The molecule has 2 N–H and O–H groups in total. The minimum atomic E-state index is -5.16. The second-order valence-corrected chi connectivity index (χ2v) is 5.24. The number of alkyl halides is 3. The van der Waals surface area contributed by atoms with Gasteiger partial charge in [0.15, 0.2) is 0 Å². The summed E-state index contributed by atoms with van der Waals surface area (Å²) in [6, 6.07) is 8.30. The molecule has 8 heteroatoms. The van der Waals surface area contributed by atoms with Gasteiger partial charge >= 0.3 is 12.1 Å². The van der Waals surface area contributed by atoms with Gasteiger partial charge in [0.05, 0.1) is 5.69 Å². The lowest BCUT2D eigenvalue weighted by atomic mass is 10.0. The van der Waals surface area contributed by atoms with Crippen LogP contribution in [0.15, 0.2) is 36.5 Å². The normalized spacial score (nSPS) is 14.7. The zero-order valence-corrected chi connectivity index (χ0v) is 12.3. The number of esters is 1. The van der Waals surface area contributed by atoms with E-state index < -0.39 is 18.4 Å². The van der Waals surface area contributed by atoms with Crippen LogP contribution in [0.1, 0.15) is 17.4 Å². The van der Waals surface area contributed by atoms with Crippen LogP contribution in [-0.4, -0.2) is 28.8 Å². The summed E-state index contributed by atoms with van der Waals surface area (Å²) in [7, 11) is 0. The van der Waals surface area contributed by atoms with Crippen molar-refractivity contribution in [2.75, 3.05) is 11.9 Å². The summed E-state index contributed by atoms with van der Waals surface area (Å²) in [6.45, 7) is 0.790. The van der Waals surface area contributed by atoms with Gasteiger partial charge in [-0.15, -0.1) is 0 Å². The maximum atomic E-state index is 12.2. The van der Waals surface area contributed by atoms with Crippen molar-refractivity contribution in [1.82, 2.24) is 4.98 Å². The van der Waals surface area contributed by atoms with Gasteiger partial charge in [-0.1, -0.05) is 12.1 Å². The van der Waals surface area contributed by atoms with Crippen LogP contribution in [0.25, 0.3) is 11.3 Å². The van der Waals surface area contributed by atoms with Gasteiger partial charge in [-0.3, -0.25) is 4.98 Å². The molecule has 1 aliphatic heterocycles. The van der Waals surface area contributed by atoms with Crippen LogP contribution in [0, 0.1) is 0 Å². The molecule has 2 aromatic rings. The Morgan fingerprint density at radius 3 is 2.88 bits per heavy atom. The second-order valence-electron chi connectivity index (χ2n) is 5.24. The number of hydrogen-bond donors (Lipinski definition) is 2. The van der Waals surface area contributed by atoms with Crippen LogP contribution in [0.3, 0.4) is 0 Å². The molecule has 0 radical (unpaired) electrons. The van der Waals surface area contributed by atoms with E-state index in [4.69, 9.17) is 0 Å². The molecule has 0 aliphatic carbocycles. The molecular weight excluding hydrogens is 325 g/mol. The van der Waals surface area contributed by atoms with Crippen molar-refractivity contribution in [2.45, 2.75) is 18.9 Å². The third kappa shape index (κ3) is 3.18. The predicted molar refractivity (Wildman–Crippen MR) is 79.0 cm³/mol. The quantitative estimate of drug-likeness (QED) is 0.665. The summed E-state index contributed by atoms with van der Waals surface area (Å²) in [5.74, 6) is -2.45. The van der Waals surface area contributed by atoms with Crippen LogP contribution in [0.4, 0.5) is 18.9 Å². The smallest absolute Gasteiger partial charge is 0.425 e. The summed E-state index contributed by atoms with van der Waals surface area (Å²) < 4.78 is 40.7. The molecule has 0 saturated heterocycles. The Bertz CT molecular complexity index is 777. The van der Waals surface area contributed by atoms with E-state index in [0.717, 1.165) is 29.8 Å². The number of nitrogens with zero attached hydrogens (tertiary/aromatic N) is 1. The van der Waals surface area contributed by atoms with Crippen molar-refractivity contribution >= 4 is 11.7 Å². The van der Waals surface area contributed by atoms with E-state index in [9.17, 15) is 23.1 Å². The zero-order valence-electron chi connectivity index (χ0n) is 12.3. The number of nitrogens with one attached hydrogen (secondary N) is 1. The first kappa shape index (κ1) is 16.3. The minimum Gasteiger partial charge on any atom is -0.425 e. The average molecular weight is 338 g/mol. The molecule has 1 aromatic heterocycles. The van der Waals surface area contributed by atoms with E-state index in [-0.39, 0.29) is 5.56 Å². The van der Waals surface area contributed by atoms with Crippen molar-refractivity contribution in [3.05, 3.63) is 47.7 Å². The second kappa shape index (κ2) is 6.12. The van der Waals surface area contributed by atoms with Crippen LogP contribution in [-0.2, 0) is 16.0 Å². The number of rotatable bonds is 3. The number of hydrogen-bond acceptors (Lipinski definition) is 5. The molecule has 0 fully saturated rings. The van der Waals surface area contributed by atoms with Crippen LogP contribution in [0.2, 0.25) is 0 Å². The summed E-state index contributed by atoms with van der Waals surface area (Å²) in [5.41, 5.74) is 3.33. The summed E-state index contributed by atoms with van der Waals surface area (Å²) >= 11 is 0. The lowest BCUT2D eigenvalue weighted by Crippen LogP contribution is -2.27. The molecule has 1 aliphatic rings. The third-order valence-electron chi connectivity index (χ3n) is 3.66. The number of benzene rings is 1. The number of carbonyl (C=O) groups excluding carboxylic acids is 1. The number of aliphatic hydroxyl groups excluding tert-OH is 1. The van der Waals surface area contributed by atoms with Crippen LogP contribution in [0.5, 0.6) is 0 Å². The van der Waals surface area contributed by atoms with Crippen LogP contribution >= 0.6 is 0 Å². The van der Waals surface area contributed by atoms with E-state index in [0.29, 0.717) is 5.69 Å². The van der Waals surface area contributed by atoms with Gasteiger partial charge in [0, 0.05) is 29.6 Å². The number of ether oxygens (including phenoxy) is 1. The van der Waals surface area contributed by atoms with Crippen molar-refractivity contribution < 1.29 is 27.8 Å². The highest BCUT2D eigenvalue weighted by Gasteiger charge is 2.42. The third-order valence-corrected chi connectivity index (χ3v) is 3.66. The Morgan fingerprint density at radius 1 is 1.33 bits per heavy atom. The molecule has 2 heterocycles. The fourth-order valence-corrected chi connectivity index (χ4v) is 2.57. The van der Waals surface area contributed by atoms with E-state index in [2.05, 4.69) is 15.0 Å². The Hall–Kier alpha value is -2.61. The van der Waals surface area contributed by atoms with Gasteiger partial charge in [-0.2, -0.15) is 13.2 Å². The van der Waals surface area contributed by atoms with Crippen LogP contribution < -0.4 is 5.32 Å². The van der Waals surface area contributed by atoms with E-state index in [1.807, 2.05) is 18.2 Å². The summed E-state index contributed by atoms with van der Waals surface area (Å²) in [5, 5.41) is 13.0. The molecule has 1 aromatic carbocycles. The molecule has 0 saturated carbocycles. The molecule has 0 amide bonds. The fourth-order valence-electron chi connectivity index (χ4n) is 2.57. The van der Waals surface area contributed by atoms with Gasteiger partial charge in [-0.05, 0) is 30.2 Å². The molecule has 0 bridgehead atoms. The van der Waals surface area contributed by atoms with Crippen molar-refractivity contribution in [1.29, 1.82) is 0 Å². The predicted octanol–water partition coefficient (Wildman–Crippen LogP) is 2.81. The van der Waals surface area contributed by atoms with E-state index in [1.165, 1.54) is 18.3 Å². The first-order valence-corrected chi connectivity index (χ1v) is 7.14. The molecular formula is C16H13F3N2O3. The number of pyridine rings is 1. The number of carbonyl (C=O) groups is 1. The molecule has 24 heavy (non-hydrogen) atoms. The Balaban J connectivity index is 1.88. The standard InChI is InChI=1S/C16H13F3N2O3/c17-16(18,19)15(23)24-14(22)9-4-6-21-13(8-9)10-2-1-3-12-11(10)5-7-20-12/h1-4,6,8,14,20,22H,5,7H2. The molecule has 0 spiro atoms. The van der Waals surface area contributed by atoms with Gasteiger partial charge in [0.1, 0.15) is 0 Å². The lowest BCUT2D eigenvalue weighted by molar-refractivity contribution is -0.220. The molecule has 1 atom stereocenters. The number of aromatic nitrogens is 1. The molecule has 126 valence electrons. The Labute approximate surface area is 135 Å². The highest BCUT2D eigenvalue weighted by Crippen LogP contribution is 2.33. The topological polar surface area (TPSA) is 71.5 Å². The fraction of sp³-hybridized carbons (Fsp3) is 0.250. The lowest BCUT2D eigenvalue weighted by Gasteiger charge is -2.15. The monoisotopic (exact) mass is 338 g/mol. The van der Waals surface area contributed by atoms with E-state index in [1.54, 1.807) is 0 Å². The van der Waals surface area contributed by atoms with E-state index >= 15 is 0 Å². The maximum Gasteiger partial charge on any atom is 0.491 e. The first-order valence-electron chi connectivity index (χ1n) is 7.14. The first-order chi connectivity index (χ1) is 11.4.